The van der Waals surface area contributed by atoms with Crippen LogP contribution in [-0.2, 0) is 4.79 Å². The standard InChI is InChI=1S/C10H9IN2O2/c11-7-3-1-2-6(4-7)10-8(14)5-9(15)12-13-10/h1-4,8,14H,5H2,(H,12,15). The molecule has 15 heavy (non-hydrogen) atoms. The predicted molar refractivity (Wildman–Crippen MR) is 64.5 cm³/mol. The SMILES string of the molecule is O=C1CC(O)C(c2cccc(I)c2)=NN1. The first kappa shape index (κ1) is 10.6. The van der Waals surface area contributed by atoms with Crippen LogP contribution in [0.4, 0.5) is 0 Å². The Labute approximate surface area is 101 Å². The van der Waals surface area contributed by atoms with E-state index in [9.17, 15) is 9.90 Å². The van der Waals surface area contributed by atoms with Crippen molar-refractivity contribution in [2.75, 3.05) is 0 Å². The third kappa shape index (κ3) is 2.35. The minimum Gasteiger partial charge on any atom is -0.386 e. The molecule has 0 bridgehead atoms. The van der Waals surface area contributed by atoms with Crippen molar-refractivity contribution in [3.05, 3.63) is 33.4 Å². The van der Waals surface area contributed by atoms with E-state index in [2.05, 4.69) is 33.1 Å². The van der Waals surface area contributed by atoms with Gasteiger partial charge in [0, 0.05) is 9.13 Å². The molecule has 1 aliphatic rings. The molecular formula is C10H9IN2O2. The number of hydrogen-bond donors (Lipinski definition) is 2. The van der Waals surface area contributed by atoms with E-state index in [1.165, 1.54) is 0 Å². The molecule has 1 atom stereocenters. The molecule has 2 N–H and O–H groups in total. The lowest BCUT2D eigenvalue weighted by Gasteiger charge is -2.18. The van der Waals surface area contributed by atoms with Crippen LogP contribution < -0.4 is 5.43 Å². The van der Waals surface area contributed by atoms with Gasteiger partial charge in [0.15, 0.2) is 0 Å². The number of halogens is 1. The van der Waals surface area contributed by atoms with Gasteiger partial charge in [0.05, 0.1) is 12.1 Å². The van der Waals surface area contributed by atoms with Gasteiger partial charge in [-0.1, -0.05) is 12.1 Å². The lowest BCUT2D eigenvalue weighted by atomic mass is 10.0. The maximum atomic E-state index is 10.9. The number of hydrogen-bond acceptors (Lipinski definition) is 3. The Morgan fingerprint density at radius 2 is 2.33 bits per heavy atom. The number of benzene rings is 1. The molecule has 1 unspecified atom stereocenters. The summed E-state index contributed by atoms with van der Waals surface area (Å²) in [5, 5.41) is 13.6. The highest BCUT2D eigenvalue weighted by Gasteiger charge is 2.23. The van der Waals surface area contributed by atoms with Gasteiger partial charge < -0.3 is 5.11 Å². The number of nitrogens with zero attached hydrogens (tertiary/aromatic N) is 1. The van der Waals surface area contributed by atoms with Crippen LogP contribution in [0.15, 0.2) is 29.4 Å². The predicted octanol–water partition coefficient (Wildman–Crippen LogP) is 0.876. The van der Waals surface area contributed by atoms with E-state index in [0.29, 0.717) is 5.71 Å². The second kappa shape index (κ2) is 4.28. The second-order valence-electron chi connectivity index (χ2n) is 3.26. The van der Waals surface area contributed by atoms with Gasteiger partial charge in [-0.25, -0.2) is 5.43 Å². The van der Waals surface area contributed by atoms with Crippen molar-refractivity contribution in [2.45, 2.75) is 12.5 Å². The van der Waals surface area contributed by atoms with Gasteiger partial charge in [-0.3, -0.25) is 4.79 Å². The molecule has 1 aromatic rings. The number of aliphatic hydroxyl groups is 1. The summed E-state index contributed by atoms with van der Waals surface area (Å²) in [5.41, 5.74) is 3.73. The van der Waals surface area contributed by atoms with E-state index in [1.54, 1.807) is 0 Å². The molecule has 4 nitrogen and oxygen atoms in total. The zero-order chi connectivity index (χ0) is 10.8. The quantitative estimate of drug-likeness (QED) is 0.756. The average molecular weight is 316 g/mol. The molecule has 2 rings (SSSR count). The molecule has 0 aliphatic carbocycles. The van der Waals surface area contributed by atoms with E-state index in [4.69, 9.17) is 0 Å². The zero-order valence-electron chi connectivity index (χ0n) is 7.77. The smallest absolute Gasteiger partial charge is 0.243 e. The molecule has 78 valence electrons. The van der Waals surface area contributed by atoms with E-state index >= 15 is 0 Å². The molecule has 5 heteroatoms. The van der Waals surface area contributed by atoms with Gasteiger partial charge in [-0.05, 0) is 34.7 Å². The summed E-state index contributed by atoms with van der Waals surface area (Å²) in [6.45, 7) is 0. The maximum absolute atomic E-state index is 10.9. The van der Waals surface area contributed by atoms with Crippen LogP contribution in [0.3, 0.4) is 0 Å². The fourth-order valence-corrected chi connectivity index (χ4v) is 1.96. The van der Waals surface area contributed by atoms with Crippen molar-refractivity contribution < 1.29 is 9.90 Å². The van der Waals surface area contributed by atoms with Gasteiger partial charge in [0.1, 0.15) is 6.10 Å². The number of nitrogens with one attached hydrogen (secondary N) is 1. The highest BCUT2D eigenvalue weighted by Crippen LogP contribution is 2.13. The highest BCUT2D eigenvalue weighted by atomic mass is 127. The van der Waals surface area contributed by atoms with Crippen molar-refractivity contribution in [2.24, 2.45) is 5.10 Å². The molecule has 1 aromatic carbocycles. The Bertz CT molecular complexity index is 431. The summed E-state index contributed by atoms with van der Waals surface area (Å²) in [6.07, 6.45) is -0.735. The average Bonchev–Trinajstić information content (AvgIpc) is 2.17. The van der Waals surface area contributed by atoms with Gasteiger partial charge in [0.2, 0.25) is 5.91 Å². The highest BCUT2D eigenvalue weighted by molar-refractivity contribution is 14.1. The number of carbonyl (C=O) groups excluding carboxylic acids is 1. The summed E-state index contributed by atoms with van der Waals surface area (Å²) in [4.78, 5) is 10.9. The first-order valence-corrected chi connectivity index (χ1v) is 5.55. The molecule has 0 saturated heterocycles. The van der Waals surface area contributed by atoms with Crippen molar-refractivity contribution in [1.29, 1.82) is 0 Å². The van der Waals surface area contributed by atoms with Gasteiger partial charge >= 0.3 is 0 Å². The first-order valence-electron chi connectivity index (χ1n) is 4.47. The number of hydrazone groups is 1. The van der Waals surface area contributed by atoms with Crippen LogP contribution in [0.2, 0.25) is 0 Å². The number of amides is 1. The zero-order valence-corrected chi connectivity index (χ0v) is 9.93. The fraction of sp³-hybridized carbons (Fsp3) is 0.200. The van der Waals surface area contributed by atoms with Gasteiger partial charge in [-0.2, -0.15) is 5.10 Å². The van der Waals surface area contributed by atoms with Crippen LogP contribution in [0.5, 0.6) is 0 Å². The third-order valence-corrected chi connectivity index (χ3v) is 2.79. The normalized spacial score (nSPS) is 20.8. The monoisotopic (exact) mass is 316 g/mol. The van der Waals surface area contributed by atoms with E-state index in [-0.39, 0.29) is 12.3 Å². The molecule has 0 saturated carbocycles. The molecule has 1 amide bonds. The Hall–Kier alpha value is -0.950. The Morgan fingerprint density at radius 3 is 3.00 bits per heavy atom. The molecule has 1 heterocycles. The Morgan fingerprint density at radius 1 is 1.53 bits per heavy atom. The lowest BCUT2D eigenvalue weighted by molar-refractivity contribution is -0.122. The first-order chi connectivity index (χ1) is 7.16. The Kier molecular flexibility index (Phi) is 3.01. The summed E-state index contributed by atoms with van der Waals surface area (Å²) in [6, 6.07) is 7.63. The summed E-state index contributed by atoms with van der Waals surface area (Å²) >= 11 is 2.19. The molecule has 0 fully saturated rings. The van der Waals surface area contributed by atoms with Gasteiger partial charge in [-0.15, -0.1) is 0 Å². The maximum Gasteiger partial charge on any atom is 0.243 e. The topological polar surface area (TPSA) is 61.7 Å². The van der Waals surface area contributed by atoms with Crippen LogP contribution in [0.25, 0.3) is 0 Å². The van der Waals surface area contributed by atoms with Crippen LogP contribution in [-0.4, -0.2) is 22.8 Å². The van der Waals surface area contributed by atoms with Crippen LogP contribution in [0, 0.1) is 3.57 Å². The minimum absolute atomic E-state index is 0.0737. The number of aliphatic hydroxyl groups excluding tert-OH is 1. The molecule has 0 radical (unpaired) electrons. The Balaban J connectivity index is 2.35. The van der Waals surface area contributed by atoms with Crippen LogP contribution >= 0.6 is 22.6 Å². The van der Waals surface area contributed by atoms with E-state index in [1.807, 2.05) is 24.3 Å². The molecule has 0 spiro atoms. The minimum atomic E-state index is -0.808. The van der Waals surface area contributed by atoms with Crippen LogP contribution in [0.1, 0.15) is 12.0 Å². The third-order valence-electron chi connectivity index (χ3n) is 2.12. The second-order valence-corrected chi connectivity index (χ2v) is 4.51. The summed E-state index contributed by atoms with van der Waals surface area (Å²) in [7, 11) is 0. The molecule has 1 aliphatic heterocycles. The van der Waals surface area contributed by atoms with Gasteiger partial charge in [0.25, 0.3) is 0 Å². The van der Waals surface area contributed by atoms with E-state index < -0.39 is 6.10 Å². The van der Waals surface area contributed by atoms with Crippen molar-refractivity contribution >= 4 is 34.2 Å². The van der Waals surface area contributed by atoms with Crippen molar-refractivity contribution in [3.63, 3.8) is 0 Å². The lowest BCUT2D eigenvalue weighted by Crippen LogP contribution is -2.36. The largest absolute Gasteiger partial charge is 0.386 e. The number of carbonyl (C=O) groups is 1. The number of rotatable bonds is 1. The fourth-order valence-electron chi connectivity index (χ4n) is 1.42. The summed E-state index contributed by atoms with van der Waals surface area (Å²) in [5.74, 6) is -0.253. The van der Waals surface area contributed by atoms with E-state index in [0.717, 1.165) is 9.13 Å². The van der Waals surface area contributed by atoms with Crippen molar-refractivity contribution in [1.82, 2.24) is 5.43 Å². The molecule has 0 aromatic heterocycles. The van der Waals surface area contributed by atoms with Crippen molar-refractivity contribution in [3.8, 4) is 0 Å². The summed E-state index contributed by atoms with van der Waals surface area (Å²) < 4.78 is 1.07. The molecular weight excluding hydrogens is 307 g/mol.